The van der Waals surface area contributed by atoms with Crippen molar-refractivity contribution in [1.82, 2.24) is 10.1 Å². The molecule has 5 nitrogen and oxygen atoms in total. The van der Waals surface area contributed by atoms with Crippen LogP contribution >= 0.6 is 11.6 Å². The number of aromatic nitrogens is 1. The largest absolute Gasteiger partial charge is 0.360 e. The Bertz CT molecular complexity index is 625. The Morgan fingerprint density at radius 3 is 2.68 bits per heavy atom. The Balaban J connectivity index is 1.82. The lowest BCUT2D eigenvalue weighted by Gasteiger charge is -2.24. The van der Waals surface area contributed by atoms with Gasteiger partial charge in [0.2, 0.25) is 5.91 Å². The molecule has 6 heteroatoms. The summed E-state index contributed by atoms with van der Waals surface area (Å²) in [5.41, 5.74) is 1.17. The summed E-state index contributed by atoms with van der Waals surface area (Å²) in [5, 5.41) is 7.18. The minimum Gasteiger partial charge on any atom is -0.360 e. The smallest absolute Gasteiger partial charge is 0.226 e. The second-order valence-electron chi connectivity index (χ2n) is 5.33. The lowest BCUT2D eigenvalue weighted by molar-refractivity contribution is -0.116. The van der Waals surface area contributed by atoms with Gasteiger partial charge in [0.05, 0.1) is 0 Å². The number of rotatable bonds is 6. The monoisotopic (exact) mass is 321 g/mol. The van der Waals surface area contributed by atoms with Gasteiger partial charge < -0.3 is 9.84 Å². The molecule has 0 aliphatic carbocycles. The van der Waals surface area contributed by atoms with E-state index in [4.69, 9.17) is 16.1 Å². The molecule has 2 aromatic rings. The van der Waals surface area contributed by atoms with Crippen molar-refractivity contribution >= 4 is 23.3 Å². The lowest BCUT2D eigenvalue weighted by Crippen LogP contribution is -2.27. The lowest BCUT2D eigenvalue weighted by atomic mass is 10.1. The molecule has 0 radical (unpaired) electrons. The molecule has 1 unspecified atom stereocenters. The number of nitrogens with one attached hydrogen (secondary N) is 1. The quantitative estimate of drug-likeness (QED) is 0.882. The van der Waals surface area contributed by atoms with E-state index in [9.17, 15) is 4.79 Å². The molecule has 0 aliphatic heterocycles. The number of benzene rings is 1. The zero-order valence-electron chi connectivity index (χ0n) is 13.0. The summed E-state index contributed by atoms with van der Waals surface area (Å²) in [4.78, 5) is 14.0. The van der Waals surface area contributed by atoms with Crippen molar-refractivity contribution in [2.45, 2.75) is 26.3 Å². The van der Waals surface area contributed by atoms with Crippen LogP contribution in [-0.4, -0.2) is 29.6 Å². The Kier molecular flexibility index (Phi) is 5.57. The number of aryl methyl sites for hydroxylation is 1. The summed E-state index contributed by atoms with van der Waals surface area (Å²) < 4.78 is 4.91. The van der Waals surface area contributed by atoms with Gasteiger partial charge >= 0.3 is 0 Å². The van der Waals surface area contributed by atoms with Crippen LogP contribution in [0.15, 0.2) is 34.9 Å². The van der Waals surface area contributed by atoms with Crippen LogP contribution < -0.4 is 5.32 Å². The first-order valence-electron chi connectivity index (χ1n) is 7.14. The molecule has 1 amide bonds. The summed E-state index contributed by atoms with van der Waals surface area (Å²) in [6.45, 7) is 4.53. The highest BCUT2D eigenvalue weighted by molar-refractivity contribution is 6.30. The van der Waals surface area contributed by atoms with Crippen LogP contribution in [0.2, 0.25) is 5.02 Å². The van der Waals surface area contributed by atoms with Gasteiger partial charge in [0.1, 0.15) is 5.76 Å². The van der Waals surface area contributed by atoms with Gasteiger partial charge in [-0.05, 0) is 38.6 Å². The molecule has 0 saturated carbocycles. The predicted molar refractivity (Wildman–Crippen MR) is 87.0 cm³/mol. The molecule has 0 fully saturated rings. The summed E-state index contributed by atoms with van der Waals surface area (Å²) in [6.07, 6.45) is 0.389. The summed E-state index contributed by atoms with van der Waals surface area (Å²) in [7, 11) is 1.99. The second kappa shape index (κ2) is 7.42. The number of hydrogen-bond acceptors (Lipinski definition) is 4. The van der Waals surface area contributed by atoms with E-state index in [0.29, 0.717) is 24.5 Å². The average molecular weight is 322 g/mol. The van der Waals surface area contributed by atoms with Crippen LogP contribution in [0.4, 0.5) is 5.82 Å². The van der Waals surface area contributed by atoms with Crippen molar-refractivity contribution in [3.63, 3.8) is 0 Å². The fraction of sp³-hybridized carbons (Fsp3) is 0.375. The molecular formula is C16H20ClN3O2. The molecule has 1 aromatic heterocycles. The van der Waals surface area contributed by atoms with Crippen LogP contribution in [0.5, 0.6) is 0 Å². The van der Waals surface area contributed by atoms with Crippen LogP contribution in [0.25, 0.3) is 0 Å². The third-order valence-corrected chi connectivity index (χ3v) is 3.85. The first-order chi connectivity index (χ1) is 10.5. The Morgan fingerprint density at radius 2 is 2.09 bits per heavy atom. The van der Waals surface area contributed by atoms with Gasteiger partial charge in [-0.25, -0.2) is 0 Å². The highest BCUT2D eigenvalue weighted by Gasteiger charge is 2.13. The average Bonchev–Trinajstić information content (AvgIpc) is 2.90. The van der Waals surface area contributed by atoms with E-state index in [1.165, 1.54) is 5.56 Å². The topological polar surface area (TPSA) is 58.4 Å². The summed E-state index contributed by atoms with van der Waals surface area (Å²) >= 11 is 5.90. The van der Waals surface area contributed by atoms with Crippen LogP contribution in [0.1, 0.15) is 30.7 Å². The van der Waals surface area contributed by atoms with Gasteiger partial charge in [0.15, 0.2) is 5.82 Å². The molecule has 0 bridgehead atoms. The Labute approximate surface area is 135 Å². The van der Waals surface area contributed by atoms with Gasteiger partial charge in [-0.15, -0.1) is 0 Å². The highest BCUT2D eigenvalue weighted by atomic mass is 35.5. The molecular weight excluding hydrogens is 302 g/mol. The van der Waals surface area contributed by atoms with E-state index in [2.05, 4.69) is 22.3 Å². The molecule has 1 aromatic carbocycles. The van der Waals surface area contributed by atoms with E-state index < -0.39 is 0 Å². The van der Waals surface area contributed by atoms with Crippen molar-refractivity contribution in [2.75, 3.05) is 18.9 Å². The molecule has 1 N–H and O–H groups in total. The van der Waals surface area contributed by atoms with Gasteiger partial charge in [-0.1, -0.05) is 28.9 Å². The maximum atomic E-state index is 11.9. The number of amides is 1. The van der Waals surface area contributed by atoms with Gasteiger partial charge in [0, 0.05) is 30.1 Å². The van der Waals surface area contributed by atoms with E-state index in [-0.39, 0.29) is 11.9 Å². The standard InChI is InChI=1S/C16H20ClN3O2/c1-11-10-15(19-22-11)18-16(21)8-9-20(3)12(2)13-4-6-14(17)7-5-13/h4-7,10,12H,8-9H2,1-3H3,(H,18,19,21). The SMILES string of the molecule is Cc1cc(NC(=O)CCN(C)C(C)c2ccc(Cl)cc2)no1. The van der Waals surface area contributed by atoms with Crippen LogP contribution in [0.3, 0.4) is 0 Å². The summed E-state index contributed by atoms with van der Waals surface area (Å²) in [5.74, 6) is 1.04. The van der Waals surface area contributed by atoms with Crippen LogP contribution in [-0.2, 0) is 4.79 Å². The number of anilines is 1. The summed E-state index contributed by atoms with van der Waals surface area (Å²) in [6, 6.07) is 9.66. The number of carbonyl (C=O) groups excluding carboxylic acids is 1. The van der Waals surface area contributed by atoms with E-state index >= 15 is 0 Å². The van der Waals surface area contributed by atoms with Gasteiger partial charge in [-0.2, -0.15) is 0 Å². The van der Waals surface area contributed by atoms with Crippen LogP contribution in [0, 0.1) is 6.92 Å². The van der Waals surface area contributed by atoms with Crippen molar-refractivity contribution in [3.8, 4) is 0 Å². The maximum absolute atomic E-state index is 11.9. The molecule has 2 rings (SSSR count). The van der Waals surface area contributed by atoms with Crippen molar-refractivity contribution in [3.05, 3.63) is 46.7 Å². The minimum absolute atomic E-state index is 0.0801. The van der Waals surface area contributed by atoms with Gasteiger partial charge in [-0.3, -0.25) is 9.69 Å². The number of nitrogens with zero attached hydrogens (tertiary/aromatic N) is 2. The molecule has 0 spiro atoms. The first-order valence-corrected chi connectivity index (χ1v) is 7.52. The minimum atomic E-state index is -0.0801. The zero-order valence-corrected chi connectivity index (χ0v) is 13.7. The van der Waals surface area contributed by atoms with Crippen molar-refractivity contribution < 1.29 is 9.32 Å². The molecule has 22 heavy (non-hydrogen) atoms. The zero-order chi connectivity index (χ0) is 16.1. The Hall–Kier alpha value is -1.85. The van der Waals surface area contributed by atoms with Crippen molar-refractivity contribution in [2.24, 2.45) is 0 Å². The van der Waals surface area contributed by atoms with Crippen molar-refractivity contribution in [1.29, 1.82) is 0 Å². The number of halogens is 1. The van der Waals surface area contributed by atoms with E-state index in [1.54, 1.807) is 13.0 Å². The molecule has 1 heterocycles. The number of carbonyl (C=O) groups is 1. The highest BCUT2D eigenvalue weighted by Crippen LogP contribution is 2.20. The van der Waals surface area contributed by atoms with E-state index in [1.807, 2.05) is 31.3 Å². The molecule has 0 saturated heterocycles. The van der Waals surface area contributed by atoms with E-state index in [0.717, 1.165) is 5.02 Å². The predicted octanol–water partition coefficient (Wildman–Crippen LogP) is 3.66. The fourth-order valence-electron chi connectivity index (χ4n) is 2.10. The fourth-order valence-corrected chi connectivity index (χ4v) is 2.22. The third kappa shape index (κ3) is 4.58. The normalized spacial score (nSPS) is 12.4. The Morgan fingerprint density at radius 1 is 1.41 bits per heavy atom. The molecule has 118 valence electrons. The van der Waals surface area contributed by atoms with Gasteiger partial charge in [0.25, 0.3) is 0 Å². The number of hydrogen-bond donors (Lipinski definition) is 1. The molecule has 0 aliphatic rings. The first kappa shape index (κ1) is 16.5. The maximum Gasteiger partial charge on any atom is 0.226 e. The third-order valence-electron chi connectivity index (χ3n) is 3.60. The molecule has 1 atom stereocenters. The second-order valence-corrected chi connectivity index (χ2v) is 5.77.